The van der Waals surface area contributed by atoms with Gasteiger partial charge in [-0.25, -0.2) is 9.40 Å². The van der Waals surface area contributed by atoms with Crippen LogP contribution in [-0.4, -0.2) is 30.7 Å². The van der Waals surface area contributed by atoms with E-state index >= 15 is 0 Å². The van der Waals surface area contributed by atoms with Crippen molar-refractivity contribution < 1.29 is 14.0 Å². The van der Waals surface area contributed by atoms with Gasteiger partial charge in [0.15, 0.2) is 0 Å². The number of carbonyl (C=O) groups excluding carboxylic acids is 2. The molecular formula is C19H19FN4O2. The zero-order chi connectivity index (χ0) is 18.5. The van der Waals surface area contributed by atoms with E-state index in [0.29, 0.717) is 18.7 Å². The first-order valence-electron chi connectivity index (χ1n) is 8.26. The zero-order valence-electron chi connectivity index (χ0n) is 14.3. The van der Waals surface area contributed by atoms with Crippen molar-refractivity contribution in [3.63, 3.8) is 0 Å². The van der Waals surface area contributed by atoms with Gasteiger partial charge in [-0.3, -0.25) is 20.0 Å². The Balaban J connectivity index is 1.58. The largest absolute Gasteiger partial charge is 0.349 e. The predicted molar refractivity (Wildman–Crippen MR) is 97.2 cm³/mol. The third-order valence-corrected chi connectivity index (χ3v) is 3.96. The molecule has 134 valence electrons. The van der Waals surface area contributed by atoms with Crippen molar-refractivity contribution in [1.82, 2.24) is 10.7 Å². The highest BCUT2D eigenvalue weighted by molar-refractivity contribution is 6.39. The third kappa shape index (κ3) is 4.24. The van der Waals surface area contributed by atoms with Crippen LogP contribution >= 0.6 is 0 Å². The number of rotatable bonds is 5. The molecule has 0 bridgehead atoms. The van der Waals surface area contributed by atoms with Gasteiger partial charge in [-0.15, -0.1) is 0 Å². The normalized spacial score (nSPS) is 13.8. The molecule has 0 aromatic heterocycles. The van der Waals surface area contributed by atoms with Crippen LogP contribution in [0.5, 0.6) is 0 Å². The number of halogens is 1. The van der Waals surface area contributed by atoms with Crippen LogP contribution in [0.2, 0.25) is 0 Å². The van der Waals surface area contributed by atoms with Crippen LogP contribution in [0.4, 0.5) is 10.1 Å². The van der Waals surface area contributed by atoms with Gasteiger partial charge in [-0.05, 0) is 43.2 Å². The van der Waals surface area contributed by atoms with Crippen LogP contribution in [0.15, 0.2) is 53.5 Å². The molecule has 0 saturated heterocycles. The van der Waals surface area contributed by atoms with E-state index in [1.807, 2.05) is 19.1 Å². The zero-order valence-corrected chi connectivity index (χ0v) is 14.3. The number of hydrogen-bond acceptors (Lipinski definition) is 4. The van der Waals surface area contributed by atoms with Gasteiger partial charge >= 0.3 is 0 Å². The van der Waals surface area contributed by atoms with Crippen molar-refractivity contribution in [1.29, 1.82) is 0 Å². The Kier molecular flexibility index (Phi) is 5.26. The number of aryl methyl sites for hydroxylation is 1. The van der Waals surface area contributed by atoms with Gasteiger partial charge in [-0.1, -0.05) is 29.8 Å². The van der Waals surface area contributed by atoms with E-state index in [-0.39, 0.29) is 24.1 Å². The highest BCUT2D eigenvalue weighted by Crippen LogP contribution is 2.15. The van der Waals surface area contributed by atoms with E-state index in [2.05, 4.69) is 15.7 Å². The fraction of sp³-hybridized carbons (Fsp3) is 0.211. The number of amides is 2. The van der Waals surface area contributed by atoms with Crippen LogP contribution < -0.4 is 15.8 Å². The first-order chi connectivity index (χ1) is 12.5. The number of hydrazine groups is 1. The summed E-state index contributed by atoms with van der Waals surface area (Å²) in [6, 6.07) is 13.5. The maximum absolute atomic E-state index is 12.9. The summed E-state index contributed by atoms with van der Waals surface area (Å²) in [5.74, 6) is -0.836. The molecule has 1 aliphatic rings. The molecule has 6 nitrogen and oxygen atoms in total. The van der Waals surface area contributed by atoms with Gasteiger partial charge < -0.3 is 5.32 Å². The minimum absolute atomic E-state index is 0.0873. The van der Waals surface area contributed by atoms with Crippen molar-refractivity contribution in [3.8, 4) is 0 Å². The average molecular weight is 354 g/mol. The van der Waals surface area contributed by atoms with Gasteiger partial charge in [0.1, 0.15) is 12.4 Å². The molecule has 0 radical (unpaired) electrons. The molecule has 2 aromatic rings. The van der Waals surface area contributed by atoms with Crippen LogP contribution in [0, 0.1) is 12.7 Å². The Hall–Kier alpha value is -3.22. The van der Waals surface area contributed by atoms with Gasteiger partial charge in [0.05, 0.1) is 5.69 Å². The van der Waals surface area contributed by atoms with E-state index in [4.69, 9.17) is 0 Å². The summed E-state index contributed by atoms with van der Waals surface area (Å²) in [6.45, 7) is 2.24. The Morgan fingerprint density at radius 2 is 1.88 bits per heavy atom. The number of hydrogen-bond donors (Lipinski definition) is 2. The van der Waals surface area contributed by atoms with Crippen molar-refractivity contribution in [2.24, 2.45) is 4.99 Å². The summed E-state index contributed by atoms with van der Waals surface area (Å²) in [6.07, 6.45) is 0.569. The second kappa shape index (κ2) is 7.77. The molecule has 0 saturated carbocycles. The fourth-order valence-electron chi connectivity index (χ4n) is 2.50. The minimum atomic E-state index is -0.392. The van der Waals surface area contributed by atoms with Gasteiger partial charge in [0.2, 0.25) is 5.84 Å². The number of nitrogens with zero attached hydrogens (tertiary/aromatic N) is 2. The van der Waals surface area contributed by atoms with E-state index in [9.17, 15) is 14.0 Å². The summed E-state index contributed by atoms with van der Waals surface area (Å²) in [7, 11) is 0. The number of carbonyl (C=O) groups is 2. The SMILES string of the molecule is Cc1ccc(N2NC(C(=O)NCCc3ccc(F)cc3)=NCC2=O)cc1. The topological polar surface area (TPSA) is 73.8 Å². The lowest BCUT2D eigenvalue weighted by Gasteiger charge is -2.27. The summed E-state index contributed by atoms with van der Waals surface area (Å²) in [5.41, 5.74) is 5.41. The van der Waals surface area contributed by atoms with Crippen molar-refractivity contribution in [2.45, 2.75) is 13.3 Å². The molecule has 3 rings (SSSR count). The van der Waals surface area contributed by atoms with Gasteiger partial charge in [0.25, 0.3) is 11.8 Å². The van der Waals surface area contributed by atoms with E-state index < -0.39 is 5.91 Å². The lowest BCUT2D eigenvalue weighted by molar-refractivity contribution is -0.118. The molecule has 7 heteroatoms. The first kappa shape index (κ1) is 17.6. The lowest BCUT2D eigenvalue weighted by Crippen LogP contribution is -2.55. The van der Waals surface area contributed by atoms with Crippen LogP contribution in [0.25, 0.3) is 0 Å². The quantitative estimate of drug-likeness (QED) is 0.859. The molecule has 2 amide bonds. The molecule has 26 heavy (non-hydrogen) atoms. The number of anilines is 1. The first-order valence-corrected chi connectivity index (χ1v) is 8.26. The summed E-state index contributed by atoms with van der Waals surface area (Å²) in [5, 5.41) is 4.07. The number of nitrogens with one attached hydrogen (secondary N) is 2. The van der Waals surface area contributed by atoms with Crippen LogP contribution in [-0.2, 0) is 16.0 Å². The van der Waals surface area contributed by atoms with E-state index in [1.54, 1.807) is 24.3 Å². The Labute approximate surface area is 150 Å². The summed E-state index contributed by atoms with van der Waals surface area (Å²) < 4.78 is 12.9. The second-order valence-electron chi connectivity index (χ2n) is 5.97. The molecule has 1 aliphatic heterocycles. The van der Waals surface area contributed by atoms with Crippen LogP contribution in [0.3, 0.4) is 0 Å². The van der Waals surface area contributed by atoms with Crippen molar-refractivity contribution in [3.05, 3.63) is 65.5 Å². The lowest BCUT2D eigenvalue weighted by atomic mass is 10.1. The highest BCUT2D eigenvalue weighted by atomic mass is 19.1. The molecular weight excluding hydrogens is 335 g/mol. The molecule has 0 atom stereocenters. The Bertz CT molecular complexity index is 832. The second-order valence-corrected chi connectivity index (χ2v) is 5.97. The molecule has 2 N–H and O–H groups in total. The average Bonchev–Trinajstić information content (AvgIpc) is 2.64. The van der Waals surface area contributed by atoms with Crippen molar-refractivity contribution >= 4 is 23.3 Å². The third-order valence-electron chi connectivity index (χ3n) is 3.96. The Morgan fingerprint density at radius 1 is 1.19 bits per heavy atom. The Morgan fingerprint density at radius 3 is 2.58 bits per heavy atom. The molecule has 0 aliphatic carbocycles. The molecule has 2 aromatic carbocycles. The molecule has 0 fully saturated rings. The van der Waals surface area contributed by atoms with Gasteiger partial charge in [0, 0.05) is 6.54 Å². The summed E-state index contributed by atoms with van der Waals surface area (Å²) >= 11 is 0. The highest BCUT2D eigenvalue weighted by Gasteiger charge is 2.25. The minimum Gasteiger partial charge on any atom is -0.349 e. The van der Waals surface area contributed by atoms with Crippen LogP contribution in [0.1, 0.15) is 11.1 Å². The number of amidine groups is 1. The number of aliphatic imine (C=N–C) groups is 1. The standard InChI is InChI=1S/C19H19FN4O2/c1-13-2-8-16(9-3-13)24-17(25)12-22-18(23-24)19(26)21-11-10-14-4-6-15(20)7-5-14/h2-9H,10-12H2,1H3,(H,21,26)(H,22,23). The van der Waals surface area contributed by atoms with E-state index in [1.165, 1.54) is 17.1 Å². The fourth-order valence-corrected chi connectivity index (χ4v) is 2.50. The molecule has 1 heterocycles. The van der Waals surface area contributed by atoms with Gasteiger partial charge in [-0.2, -0.15) is 0 Å². The maximum atomic E-state index is 12.9. The summed E-state index contributed by atoms with van der Waals surface area (Å²) in [4.78, 5) is 28.3. The van der Waals surface area contributed by atoms with Crippen molar-refractivity contribution in [2.75, 3.05) is 18.1 Å². The van der Waals surface area contributed by atoms with E-state index in [0.717, 1.165) is 11.1 Å². The molecule has 0 spiro atoms. The molecule has 0 unspecified atom stereocenters. The maximum Gasteiger partial charge on any atom is 0.288 e. The smallest absolute Gasteiger partial charge is 0.288 e. The predicted octanol–water partition coefficient (Wildman–Crippen LogP) is 1.74. The monoisotopic (exact) mass is 354 g/mol. The number of benzene rings is 2.